The van der Waals surface area contributed by atoms with Gasteiger partial charge in [-0.25, -0.2) is 9.36 Å². The molecule has 0 radical (unpaired) electrons. The van der Waals surface area contributed by atoms with Crippen LogP contribution in [0, 0.1) is 5.92 Å². The number of carboxylic acid groups (broad SMARTS) is 1. The van der Waals surface area contributed by atoms with Gasteiger partial charge >= 0.3 is 13.8 Å². The third-order valence-electron chi connectivity index (χ3n) is 10.5. The predicted molar refractivity (Wildman–Crippen MR) is 249 cm³/mol. The van der Waals surface area contributed by atoms with Gasteiger partial charge in [0.25, 0.3) is 0 Å². The van der Waals surface area contributed by atoms with Gasteiger partial charge in [-0.3, -0.25) is 33.8 Å². The van der Waals surface area contributed by atoms with Crippen molar-refractivity contribution in [3.63, 3.8) is 0 Å². The molecule has 0 saturated heterocycles. The molecule has 5 rings (SSSR count). The zero-order valence-corrected chi connectivity index (χ0v) is 37.9. The quantitative estimate of drug-likeness (QED) is 0.0316. The van der Waals surface area contributed by atoms with Gasteiger partial charge in [0.1, 0.15) is 36.0 Å². The molecule has 0 heterocycles. The molecule has 65 heavy (non-hydrogen) atoms. The average molecular weight is 928 g/mol. The first-order chi connectivity index (χ1) is 31.0. The monoisotopic (exact) mass is 927 g/mol. The number of phosphoric ester groups is 1. The third kappa shape index (κ3) is 15.5. The summed E-state index contributed by atoms with van der Waals surface area (Å²) in [6.45, 7) is 3.74. The summed E-state index contributed by atoms with van der Waals surface area (Å²) in [5.41, 5.74) is 1.72. The molecule has 0 aromatic heterocycles. The van der Waals surface area contributed by atoms with Crippen LogP contribution in [-0.2, 0) is 52.6 Å². The van der Waals surface area contributed by atoms with Crippen molar-refractivity contribution in [2.75, 3.05) is 12.0 Å². The van der Waals surface area contributed by atoms with E-state index in [0.29, 0.717) is 35.3 Å². The lowest BCUT2D eigenvalue weighted by Gasteiger charge is -2.27. The molecule has 16 nitrogen and oxygen atoms in total. The van der Waals surface area contributed by atoms with Gasteiger partial charge in [-0.05, 0) is 81.1 Å². The molecule has 5 atom stereocenters. The fourth-order valence-corrected chi connectivity index (χ4v) is 8.15. The molecule has 5 aromatic carbocycles. The number of carbonyl (C=O) groups is 6. The van der Waals surface area contributed by atoms with Crippen LogP contribution in [0.15, 0.2) is 109 Å². The molecular formula is C47H54N5O11PS. The lowest BCUT2D eigenvalue weighted by molar-refractivity contribution is -0.142. The van der Waals surface area contributed by atoms with E-state index in [1.165, 1.54) is 36.0 Å². The molecule has 5 amide bonds. The number of benzene rings is 5. The molecule has 0 fully saturated rings. The number of hydrogen-bond donors (Lipinski definition) is 8. The molecule has 5 aromatic rings. The Morgan fingerprint density at radius 1 is 0.615 bits per heavy atom. The van der Waals surface area contributed by atoms with E-state index < -0.39 is 67.6 Å². The van der Waals surface area contributed by atoms with Crippen LogP contribution in [0.5, 0.6) is 5.75 Å². The Morgan fingerprint density at radius 2 is 1.05 bits per heavy atom. The average Bonchev–Trinajstić information content (AvgIpc) is 3.26. The normalized spacial score (nSPS) is 13.8. The van der Waals surface area contributed by atoms with Crippen LogP contribution in [0.2, 0.25) is 0 Å². The smallest absolute Gasteiger partial charge is 0.480 e. The van der Waals surface area contributed by atoms with E-state index in [0.717, 1.165) is 21.5 Å². The van der Waals surface area contributed by atoms with Crippen molar-refractivity contribution in [3.8, 4) is 5.75 Å². The summed E-state index contributed by atoms with van der Waals surface area (Å²) in [4.78, 5) is 98.9. The van der Waals surface area contributed by atoms with Gasteiger partial charge in [0.05, 0.1) is 0 Å². The first-order valence-electron chi connectivity index (χ1n) is 20.9. The third-order valence-corrected chi connectivity index (χ3v) is 11.6. The predicted octanol–water partition coefficient (Wildman–Crippen LogP) is 4.43. The van der Waals surface area contributed by atoms with Crippen molar-refractivity contribution in [2.45, 2.75) is 76.2 Å². The van der Waals surface area contributed by atoms with Crippen molar-refractivity contribution >= 4 is 77.1 Å². The Bertz CT molecular complexity index is 2520. The van der Waals surface area contributed by atoms with Gasteiger partial charge in [-0.2, -0.15) is 11.8 Å². The largest absolute Gasteiger partial charge is 0.524 e. The van der Waals surface area contributed by atoms with Crippen molar-refractivity contribution in [1.82, 2.24) is 26.6 Å². The van der Waals surface area contributed by atoms with Crippen molar-refractivity contribution < 1.29 is 52.7 Å². The van der Waals surface area contributed by atoms with E-state index in [1.807, 2.05) is 99.0 Å². The highest BCUT2D eigenvalue weighted by atomic mass is 32.2. The Morgan fingerprint density at radius 3 is 1.51 bits per heavy atom. The minimum absolute atomic E-state index is 0.0302. The number of rotatable bonds is 24. The summed E-state index contributed by atoms with van der Waals surface area (Å²) in [6.07, 6.45) is 2.46. The summed E-state index contributed by atoms with van der Waals surface area (Å²) in [5.74, 6) is -3.86. The molecule has 0 aliphatic rings. The van der Waals surface area contributed by atoms with Gasteiger partial charge in [-0.15, -0.1) is 0 Å². The topological polar surface area (TPSA) is 250 Å². The molecule has 344 valence electrons. The Kier molecular flexibility index (Phi) is 18.1. The highest BCUT2D eigenvalue weighted by Crippen LogP contribution is 2.37. The standard InChI is InChI=1S/C47H54N5O11PS/c1-29(2)22-39(49-43(54)38(48-28-53)20-21-65-3)44(55)50-40(26-31-12-16-33-8-4-6-10-35(33)23-31)45(56)51-41(27-32-13-17-34-9-5-7-11-36(34)24-32)46(57)52-42(47(58)59)25-30-14-18-37(19-15-30)63-64(60,61)62/h4-19,23-24,28-29,38-42H,20-22,25-27H2,1-3H3,(H,48,53)(H,49,54)(H,50,55)(H,51,56)(H,52,57)(H,58,59)(H2,60,61,62)/t38-,39-,40?,41?,42?/m1/s1. The van der Waals surface area contributed by atoms with Crippen LogP contribution in [0.3, 0.4) is 0 Å². The minimum atomic E-state index is -4.84. The maximum atomic E-state index is 14.7. The Labute approximate surface area is 380 Å². The lowest BCUT2D eigenvalue weighted by Crippen LogP contribution is -2.59. The van der Waals surface area contributed by atoms with E-state index in [9.17, 15) is 38.4 Å². The maximum Gasteiger partial charge on any atom is 0.524 e. The number of carboxylic acids is 1. The van der Waals surface area contributed by atoms with Gasteiger partial charge in [-0.1, -0.05) is 111 Å². The maximum absolute atomic E-state index is 14.7. The van der Waals surface area contributed by atoms with Gasteiger partial charge in [0, 0.05) is 19.3 Å². The minimum Gasteiger partial charge on any atom is -0.480 e. The Balaban J connectivity index is 1.46. The fraction of sp³-hybridized carbons (Fsp3) is 0.319. The summed E-state index contributed by atoms with van der Waals surface area (Å²) < 4.78 is 15.9. The lowest BCUT2D eigenvalue weighted by atomic mass is 9.98. The highest BCUT2D eigenvalue weighted by Gasteiger charge is 2.33. The van der Waals surface area contributed by atoms with Crippen LogP contribution < -0.4 is 31.1 Å². The van der Waals surface area contributed by atoms with E-state index in [1.54, 1.807) is 6.07 Å². The molecule has 0 bridgehead atoms. The number of amides is 5. The molecule has 8 N–H and O–H groups in total. The van der Waals surface area contributed by atoms with Crippen LogP contribution in [0.1, 0.15) is 43.4 Å². The second-order valence-electron chi connectivity index (χ2n) is 16.0. The van der Waals surface area contributed by atoms with Crippen LogP contribution in [0.4, 0.5) is 0 Å². The molecular weight excluding hydrogens is 874 g/mol. The van der Waals surface area contributed by atoms with Crippen molar-refractivity contribution in [3.05, 3.63) is 126 Å². The number of phosphoric acid groups is 1. The molecule has 0 spiro atoms. The second-order valence-corrected chi connectivity index (χ2v) is 18.2. The van der Waals surface area contributed by atoms with Crippen LogP contribution in [-0.4, -0.2) is 93.1 Å². The number of fused-ring (bicyclic) bond motifs is 2. The first kappa shape index (κ1) is 49.8. The summed E-state index contributed by atoms with van der Waals surface area (Å²) in [6, 6.07) is 25.4. The fourth-order valence-electron chi connectivity index (χ4n) is 7.28. The number of thioether (sulfide) groups is 1. The molecule has 0 aliphatic heterocycles. The summed E-state index contributed by atoms with van der Waals surface area (Å²) >= 11 is 1.49. The number of aliphatic carboxylic acids is 1. The molecule has 0 saturated carbocycles. The van der Waals surface area contributed by atoms with Crippen LogP contribution >= 0.6 is 19.6 Å². The van der Waals surface area contributed by atoms with E-state index in [-0.39, 0.29) is 37.4 Å². The van der Waals surface area contributed by atoms with Crippen LogP contribution in [0.25, 0.3) is 21.5 Å². The highest BCUT2D eigenvalue weighted by molar-refractivity contribution is 7.98. The number of carbonyl (C=O) groups excluding carboxylic acids is 5. The van der Waals surface area contributed by atoms with Gasteiger partial charge < -0.3 is 36.2 Å². The summed E-state index contributed by atoms with van der Waals surface area (Å²) in [5, 5.41) is 27.4. The van der Waals surface area contributed by atoms with Crippen molar-refractivity contribution in [1.29, 1.82) is 0 Å². The van der Waals surface area contributed by atoms with Crippen molar-refractivity contribution in [2.24, 2.45) is 5.92 Å². The second kappa shape index (κ2) is 23.6. The van der Waals surface area contributed by atoms with Gasteiger partial charge in [0.2, 0.25) is 30.0 Å². The Hall–Kier alpha value is -6.26. The zero-order chi connectivity index (χ0) is 47.1. The first-order valence-corrected chi connectivity index (χ1v) is 23.9. The zero-order valence-electron chi connectivity index (χ0n) is 36.1. The molecule has 0 aliphatic carbocycles. The van der Waals surface area contributed by atoms with E-state index in [4.69, 9.17) is 9.79 Å². The molecule has 18 heteroatoms. The van der Waals surface area contributed by atoms with Gasteiger partial charge in [0.15, 0.2) is 0 Å². The van der Waals surface area contributed by atoms with E-state index >= 15 is 0 Å². The summed E-state index contributed by atoms with van der Waals surface area (Å²) in [7, 11) is -4.84. The SMILES string of the molecule is CSCC[C@@H](NC=O)C(=O)N[C@H](CC(C)C)C(=O)NC(Cc1ccc2ccccc2c1)C(=O)NC(Cc1ccc2ccccc2c1)C(=O)NC(Cc1ccc(OP(=O)(O)O)cc1)C(=O)O. The molecule has 3 unspecified atom stereocenters. The number of hydrogen-bond acceptors (Lipinski definition) is 9. The number of nitrogens with one attached hydrogen (secondary N) is 5. The van der Waals surface area contributed by atoms with E-state index in [2.05, 4.69) is 31.1 Å².